The molecule has 3 rings (SSSR count). The first-order valence-corrected chi connectivity index (χ1v) is 10.0. The van der Waals surface area contributed by atoms with Gasteiger partial charge in [0.1, 0.15) is 6.61 Å². The maximum absolute atomic E-state index is 12.2. The average Bonchev–Trinajstić information content (AvgIpc) is 2.70. The van der Waals surface area contributed by atoms with Gasteiger partial charge in [0.25, 0.3) is 0 Å². The maximum Gasteiger partial charge on any atom is 0.331 e. The van der Waals surface area contributed by atoms with Gasteiger partial charge < -0.3 is 4.74 Å². The van der Waals surface area contributed by atoms with Gasteiger partial charge in [-0.15, -0.1) is 0 Å². The van der Waals surface area contributed by atoms with E-state index in [4.69, 9.17) is 4.74 Å². The van der Waals surface area contributed by atoms with Gasteiger partial charge >= 0.3 is 5.97 Å². The number of esters is 1. The Kier molecular flexibility index (Phi) is 5.87. The quantitative estimate of drug-likeness (QED) is 0.472. The lowest BCUT2D eigenvalue weighted by molar-refractivity contribution is -0.138. The molecule has 0 N–H and O–H groups in total. The minimum atomic E-state index is -3.53. The predicted octanol–water partition coefficient (Wildman–Crippen LogP) is 3.24. The molecule has 0 atom stereocenters. The van der Waals surface area contributed by atoms with Crippen LogP contribution in [0.15, 0.2) is 71.6 Å². The molecule has 0 radical (unpaired) electrons. The van der Waals surface area contributed by atoms with Crippen molar-refractivity contribution in [2.45, 2.75) is 11.5 Å². The molecular formula is C21H20N2O4S. The lowest BCUT2D eigenvalue weighted by atomic mass is 10.2. The zero-order chi connectivity index (χ0) is 20.1. The van der Waals surface area contributed by atoms with E-state index >= 15 is 0 Å². The van der Waals surface area contributed by atoms with Crippen molar-refractivity contribution in [1.82, 2.24) is 9.29 Å². The van der Waals surface area contributed by atoms with Crippen molar-refractivity contribution in [3.05, 3.63) is 78.0 Å². The van der Waals surface area contributed by atoms with Crippen LogP contribution in [0.1, 0.15) is 11.3 Å². The van der Waals surface area contributed by atoms with Gasteiger partial charge in [0, 0.05) is 25.6 Å². The Morgan fingerprint density at radius 2 is 1.86 bits per heavy atom. The van der Waals surface area contributed by atoms with Crippen molar-refractivity contribution in [1.29, 1.82) is 0 Å². The molecule has 0 aliphatic heterocycles. The highest BCUT2D eigenvalue weighted by molar-refractivity contribution is 7.89. The molecule has 0 unspecified atom stereocenters. The first-order chi connectivity index (χ1) is 13.4. The maximum atomic E-state index is 12.2. The molecular weight excluding hydrogens is 376 g/mol. The van der Waals surface area contributed by atoms with Crippen molar-refractivity contribution >= 4 is 33.0 Å². The van der Waals surface area contributed by atoms with Gasteiger partial charge in [-0.25, -0.2) is 22.5 Å². The molecule has 144 valence electrons. The van der Waals surface area contributed by atoms with Crippen LogP contribution >= 0.6 is 0 Å². The van der Waals surface area contributed by atoms with E-state index in [0.717, 1.165) is 15.2 Å². The largest absolute Gasteiger partial charge is 0.458 e. The summed E-state index contributed by atoms with van der Waals surface area (Å²) in [5, 5.41) is 1.02. The van der Waals surface area contributed by atoms with E-state index in [1.54, 1.807) is 18.2 Å². The van der Waals surface area contributed by atoms with Crippen LogP contribution in [0.4, 0.5) is 0 Å². The zero-order valence-electron chi connectivity index (χ0n) is 15.6. The van der Waals surface area contributed by atoms with E-state index in [1.165, 1.54) is 32.3 Å². The van der Waals surface area contributed by atoms with Crippen molar-refractivity contribution < 1.29 is 17.9 Å². The van der Waals surface area contributed by atoms with Gasteiger partial charge in [0.15, 0.2) is 0 Å². The fourth-order valence-electron chi connectivity index (χ4n) is 2.54. The van der Waals surface area contributed by atoms with Gasteiger partial charge in [0.05, 0.1) is 16.1 Å². The van der Waals surface area contributed by atoms with Crippen LogP contribution in [-0.4, -0.2) is 37.8 Å². The molecule has 0 saturated carbocycles. The SMILES string of the molecule is CN(C)S(=O)(=O)c1cccc(COC(=O)/C=C/c2ccc3ccccc3n2)c1. The fourth-order valence-corrected chi connectivity index (χ4v) is 3.51. The molecule has 0 aliphatic rings. The van der Waals surface area contributed by atoms with Crippen molar-refractivity contribution in [2.75, 3.05) is 14.1 Å². The van der Waals surface area contributed by atoms with E-state index < -0.39 is 16.0 Å². The van der Waals surface area contributed by atoms with E-state index in [9.17, 15) is 13.2 Å². The summed E-state index contributed by atoms with van der Waals surface area (Å²) in [7, 11) is -0.600. The van der Waals surface area contributed by atoms with E-state index in [1.807, 2.05) is 36.4 Å². The summed E-state index contributed by atoms with van der Waals surface area (Å²) in [6.07, 6.45) is 2.89. The van der Waals surface area contributed by atoms with Gasteiger partial charge in [-0.1, -0.05) is 36.4 Å². The van der Waals surface area contributed by atoms with Gasteiger partial charge in [0.2, 0.25) is 10.0 Å². The third kappa shape index (κ3) is 4.62. The van der Waals surface area contributed by atoms with Crippen molar-refractivity contribution in [3.8, 4) is 0 Å². The third-order valence-corrected chi connectivity index (χ3v) is 5.88. The molecule has 0 spiro atoms. The summed E-state index contributed by atoms with van der Waals surface area (Å²) < 4.78 is 30.7. The molecule has 28 heavy (non-hydrogen) atoms. The number of hydrogen-bond donors (Lipinski definition) is 0. The second-order valence-electron chi connectivity index (χ2n) is 6.30. The number of sulfonamides is 1. The van der Waals surface area contributed by atoms with E-state index in [0.29, 0.717) is 11.3 Å². The lowest BCUT2D eigenvalue weighted by Gasteiger charge is -2.12. The molecule has 6 nitrogen and oxygen atoms in total. The number of benzene rings is 2. The number of rotatable bonds is 6. The van der Waals surface area contributed by atoms with Crippen LogP contribution in [0.25, 0.3) is 17.0 Å². The number of ether oxygens (including phenoxy) is 1. The summed E-state index contributed by atoms with van der Waals surface area (Å²) in [5.41, 5.74) is 2.08. The van der Waals surface area contributed by atoms with Crippen LogP contribution < -0.4 is 0 Å². The molecule has 0 fully saturated rings. The number of aromatic nitrogens is 1. The minimum Gasteiger partial charge on any atom is -0.458 e. The smallest absolute Gasteiger partial charge is 0.331 e. The number of nitrogens with zero attached hydrogens (tertiary/aromatic N) is 2. The van der Waals surface area contributed by atoms with Crippen LogP contribution in [0, 0.1) is 0 Å². The monoisotopic (exact) mass is 396 g/mol. The molecule has 0 amide bonds. The standard InChI is InChI=1S/C21H20N2O4S/c1-23(2)28(25,26)19-8-5-6-16(14-19)15-27-21(24)13-12-18-11-10-17-7-3-4-9-20(17)22-18/h3-14H,15H2,1-2H3/b13-12+. The third-order valence-electron chi connectivity index (χ3n) is 4.07. The van der Waals surface area contributed by atoms with Gasteiger partial charge in [-0.2, -0.15) is 0 Å². The van der Waals surface area contributed by atoms with Crippen LogP contribution in [-0.2, 0) is 26.2 Å². The summed E-state index contributed by atoms with van der Waals surface area (Å²) in [5.74, 6) is -0.532. The Morgan fingerprint density at radius 3 is 2.64 bits per heavy atom. The molecule has 0 saturated heterocycles. The zero-order valence-corrected chi connectivity index (χ0v) is 16.4. The van der Waals surface area contributed by atoms with E-state index in [2.05, 4.69) is 4.98 Å². The molecule has 2 aromatic carbocycles. The normalized spacial score (nSPS) is 12.0. The Morgan fingerprint density at radius 1 is 1.07 bits per heavy atom. The number of para-hydroxylation sites is 1. The van der Waals surface area contributed by atoms with Crippen LogP contribution in [0.5, 0.6) is 0 Å². The second-order valence-corrected chi connectivity index (χ2v) is 8.46. The summed E-state index contributed by atoms with van der Waals surface area (Å²) in [6, 6.07) is 17.8. The molecule has 1 heterocycles. The molecule has 0 bridgehead atoms. The van der Waals surface area contributed by atoms with Crippen molar-refractivity contribution in [2.24, 2.45) is 0 Å². The first kappa shape index (κ1) is 19.7. The minimum absolute atomic E-state index is 0.0227. The topological polar surface area (TPSA) is 76.6 Å². The van der Waals surface area contributed by atoms with Crippen LogP contribution in [0.2, 0.25) is 0 Å². The molecule has 1 aromatic heterocycles. The summed E-state index contributed by atoms with van der Waals surface area (Å²) in [4.78, 5) is 16.6. The molecule has 7 heteroatoms. The summed E-state index contributed by atoms with van der Waals surface area (Å²) >= 11 is 0. The number of hydrogen-bond acceptors (Lipinski definition) is 5. The number of carbonyl (C=O) groups excluding carboxylic acids is 1. The first-order valence-electron chi connectivity index (χ1n) is 8.58. The Hall–Kier alpha value is -3.03. The Labute approximate surface area is 164 Å². The van der Waals surface area contributed by atoms with Crippen molar-refractivity contribution in [3.63, 3.8) is 0 Å². The number of fused-ring (bicyclic) bond motifs is 1. The Balaban J connectivity index is 1.64. The highest BCUT2D eigenvalue weighted by atomic mass is 32.2. The average molecular weight is 396 g/mol. The van der Waals surface area contributed by atoms with Gasteiger partial charge in [-0.3, -0.25) is 0 Å². The highest BCUT2D eigenvalue weighted by Crippen LogP contribution is 2.16. The lowest BCUT2D eigenvalue weighted by Crippen LogP contribution is -2.22. The molecule has 3 aromatic rings. The number of pyridine rings is 1. The Bertz CT molecular complexity index is 1140. The fraction of sp³-hybridized carbons (Fsp3) is 0.143. The van der Waals surface area contributed by atoms with Gasteiger partial charge in [-0.05, 0) is 35.9 Å². The second kappa shape index (κ2) is 8.33. The summed E-state index contributed by atoms with van der Waals surface area (Å²) in [6.45, 7) is -0.0227. The van der Waals surface area contributed by atoms with Crippen LogP contribution in [0.3, 0.4) is 0 Å². The highest BCUT2D eigenvalue weighted by Gasteiger charge is 2.17. The number of carbonyl (C=O) groups is 1. The van der Waals surface area contributed by atoms with E-state index in [-0.39, 0.29) is 11.5 Å². The predicted molar refractivity (Wildman–Crippen MR) is 108 cm³/mol. The molecule has 0 aliphatic carbocycles.